The third-order valence-corrected chi connectivity index (χ3v) is 6.77. The predicted octanol–water partition coefficient (Wildman–Crippen LogP) is 6.30. The zero-order valence-corrected chi connectivity index (χ0v) is 21.0. The second-order valence-corrected chi connectivity index (χ2v) is 9.94. The monoisotopic (exact) mass is 568 g/mol. The van der Waals surface area contributed by atoms with E-state index in [1.807, 2.05) is 48.5 Å². The smallest absolute Gasteiger partial charge is 0.345 e. The molecule has 0 atom stereocenters. The Bertz CT molecular complexity index is 1350. The molecule has 168 valence electrons. The summed E-state index contributed by atoms with van der Waals surface area (Å²) in [5, 5.41) is 4.19. The van der Waals surface area contributed by atoms with Gasteiger partial charge in [-0.3, -0.25) is 4.90 Å². The summed E-state index contributed by atoms with van der Waals surface area (Å²) in [6, 6.07) is 17.1. The van der Waals surface area contributed by atoms with Crippen LogP contribution < -0.4 is 10.9 Å². The zero-order valence-electron chi connectivity index (χ0n) is 17.9. The van der Waals surface area contributed by atoms with Gasteiger partial charge in [-0.1, -0.05) is 50.4 Å². The second-order valence-electron chi connectivity index (χ2n) is 8.11. The van der Waals surface area contributed by atoms with Crippen LogP contribution in [0.15, 0.2) is 72.8 Å². The van der Waals surface area contributed by atoms with Gasteiger partial charge in [0.2, 0.25) is 5.95 Å². The van der Waals surface area contributed by atoms with Gasteiger partial charge in [-0.2, -0.15) is 0 Å². The molecule has 1 saturated heterocycles. The molecular weight excluding hydrogens is 548 g/mol. The number of halogens is 2. The summed E-state index contributed by atoms with van der Waals surface area (Å²) >= 11 is 6.97. The Balaban J connectivity index is 1.57. The van der Waals surface area contributed by atoms with Crippen LogP contribution in [-0.4, -0.2) is 34.6 Å². The van der Waals surface area contributed by atoms with Crippen molar-refractivity contribution in [1.82, 2.24) is 14.9 Å². The highest BCUT2D eigenvalue weighted by atomic mass is 79.9. The van der Waals surface area contributed by atoms with Gasteiger partial charge >= 0.3 is 5.63 Å². The molecule has 33 heavy (non-hydrogen) atoms. The Labute approximate surface area is 208 Å². The first-order chi connectivity index (χ1) is 16.0. The molecule has 6 nitrogen and oxygen atoms in total. The lowest BCUT2D eigenvalue weighted by atomic mass is 10.1. The van der Waals surface area contributed by atoms with Gasteiger partial charge in [-0.15, -0.1) is 0 Å². The molecule has 0 radical (unpaired) electrons. The van der Waals surface area contributed by atoms with Crippen molar-refractivity contribution in [2.45, 2.75) is 19.3 Å². The van der Waals surface area contributed by atoms with Gasteiger partial charge in [0, 0.05) is 19.9 Å². The number of hydrogen-bond donors (Lipinski definition) is 1. The first kappa shape index (κ1) is 22.3. The van der Waals surface area contributed by atoms with Crippen molar-refractivity contribution >= 4 is 48.8 Å². The van der Waals surface area contributed by atoms with Crippen LogP contribution in [0.3, 0.4) is 0 Å². The number of rotatable bonds is 5. The van der Waals surface area contributed by atoms with Crippen molar-refractivity contribution in [2.75, 3.05) is 25.1 Å². The van der Waals surface area contributed by atoms with Gasteiger partial charge in [0.25, 0.3) is 0 Å². The van der Waals surface area contributed by atoms with Gasteiger partial charge in [0.1, 0.15) is 5.58 Å². The molecule has 4 aromatic rings. The van der Waals surface area contributed by atoms with Crippen LogP contribution in [-0.2, 0) is 0 Å². The number of hydrogen-bond acceptors (Lipinski definition) is 6. The van der Waals surface area contributed by atoms with Crippen molar-refractivity contribution in [1.29, 1.82) is 0 Å². The molecule has 1 aliphatic rings. The summed E-state index contributed by atoms with van der Waals surface area (Å²) in [4.78, 5) is 24.7. The van der Waals surface area contributed by atoms with Crippen LogP contribution in [0.2, 0.25) is 0 Å². The first-order valence-electron chi connectivity index (χ1n) is 10.9. The SMILES string of the molecule is O=c1oc2ccc(Br)cc2cc1-c1cc(-c2ccc(Br)cc2)nc(NCN2CCCCC2)n1. The summed E-state index contributed by atoms with van der Waals surface area (Å²) in [7, 11) is 0. The van der Waals surface area contributed by atoms with E-state index in [4.69, 9.17) is 14.4 Å². The quantitative estimate of drug-likeness (QED) is 0.284. The minimum atomic E-state index is -0.424. The molecule has 5 rings (SSSR count). The Morgan fingerprint density at radius 1 is 0.879 bits per heavy atom. The van der Waals surface area contributed by atoms with Gasteiger partial charge in [-0.25, -0.2) is 14.8 Å². The van der Waals surface area contributed by atoms with E-state index in [1.54, 1.807) is 6.07 Å². The maximum atomic E-state index is 12.9. The van der Waals surface area contributed by atoms with Crippen molar-refractivity contribution in [2.24, 2.45) is 0 Å². The average Bonchev–Trinajstić information content (AvgIpc) is 2.83. The Morgan fingerprint density at radius 2 is 1.61 bits per heavy atom. The summed E-state index contributed by atoms with van der Waals surface area (Å²) in [6.07, 6.45) is 3.70. The molecule has 2 aromatic heterocycles. The average molecular weight is 570 g/mol. The molecule has 1 aliphatic heterocycles. The molecule has 0 unspecified atom stereocenters. The fourth-order valence-electron chi connectivity index (χ4n) is 4.01. The van der Waals surface area contributed by atoms with Crippen LogP contribution in [0.4, 0.5) is 5.95 Å². The highest BCUT2D eigenvalue weighted by molar-refractivity contribution is 9.10. The van der Waals surface area contributed by atoms with Crippen LogP contribution in [0.1, 0.15) is 19.3 Å². The number of likely N-dealkylation sites (tertiary alicyclic amines) is 1. The second kappa shape index (κ2) is 9.75. The molecule has 2 aromatic carbocycles. The molecule has 0 amide bonds. The van der Waals surface area contributed by atoms with E-state index in [1.165, 1.54) is 19.3 Å². The standard InChI is InChI=1S/C25H22Br2N4O2/c26-18-6-4-16(5-7-18)21-14-22(30-25(29-21)28-15-31-10-2-1-3-11-31)20-13-17-12-19(27)8-9-23(17)33-24(20)32/h4-9,12-14H,1-3,10-11,15H2,(H,28,29,30). The van der Waals surface area contributed by atoms with E-state index in [2.05, 4.69) is 42.1 Å². The molecule has 3 heterocycles. The molecular formula is C25H22Br2N4O2. The minimum Gasteiger partial charge on any atom is -0.422 e. The van der Waals surface area contributed by atoms with E-state index in [-0.39, 0.29) is 0 Å². The predicted molar refractivity (Wildman–Crippen MR) is 138 cm³/mol. The van der Waals surface area contributed by atoms with Gasteiger partial charge in [-0.05, 0) is 68.4 Å². The number of nitrogens with one attached hydrogen (secondary N) is 1. The van der Waals surface area contributed by atoms with E-state index in [0.29, 0.717) is 29.5 Å². The molecule has 0 bridgehead atoms. The third kappa shape index (κ3) is 5.18. The van der Waals surface area contributed by atoms with Gasteiger partial charge in [0.05, 0.1) is 23.6 Å². The van der Waals surface area contributed by atoms with Crippen molar-refractivity contribution in [3.8, 4) is 22.5 Å². The van der Waals surface area contributed by atoms with Crippen molar-refractivity contribution in [3.05, 3.63) is 74.0 Å². The fourth-order valence-corrected chi connectivity index (χ4v) is 4.65. The molecule has 0 spiro atoms. The summed E-state index contributed by atoms with van der Waals surface area (Å²) in [5.74, 6) is 0.490. The summed E-state index contributed by atoms with van der Waals surface area (Å²) in [5.41, 5.74) is 2.73. The Kier molecular flexibility index (Phi) is 6.57. The number of benzene rings is 2. The van der Waals surface area contributed by atoms with Crippen LogP contribution >= 0.6 is 31.9 Å². The first-order valence-corrected chi connectivity index (χ1v) is 12.5. The number of anilines is 1. The van der Waals surface area contributed by atoms with Crippen LogP contribution in [0.5, 0.6) is 0 Å². The summed E-state index contributed by atoms with van der Waals surface area (Å²) in [6.45, 7) is 2.80. The molecule has 8 heteroatoms. The summed E-state index contributed by atoms with van der Waals surface area (Å²) < 4.78 is 7.49. The van der Waals surface area contributed by atoms with E-state index < -0.39 is 5.63 Å². The molecule has 0 saturated carbocycles. The molecule has 1 fully saturated rings. The van der Waals surface area contributed by atoms with Gasteiger partial charge < -0.3 is 9.73 Å². The molecule has 1 N–H and O–H groups in total. The topological polar surface area (TPSA) is 71.3 Å². The number of piperidine rings is 1. The molecule has 0 aliphatic carbocycles. The zero-order chi connectivity index (χ0) is 22.8. The van der Waals surface area contributed by atoms with E-state index >= 15 is 0 Å². The maximum absolute atomic E-state index is 12.9. The normalized spacial score (nSPS) is 14.5. The largest absolute Gasteiger partial charge is 0.422 e. The van der Waals surface area contributed by atoms with E-state index in [0.717, 1.165) is 38.7 Å². The minimum absolute atomic E-state index is 0.405. The number of fused-ring (bicyclic) bond motifs is 1. The lowest BCUT2D eigenvalue weighted by Gasteiger charge is -2.26. The lowest BCUT2D eigenvalue weighted by molar-refractivity contribution is 0.243. The van der Waals surface area contributed by atoms with Crippen molar-refractivity contribution in [3.63, 3.8) is 0 Å². The van der Waals surface area contributed by atoms with Crippen LogP contribution in [0.25, 0.3) is 33.5 Å². The van der Waals surface area contributed by atoms with Crippen molar-refractivity contribution < 1.29 is 4.42 Å². The van der Waals surface area contributed by atoms with Crippen LogP contribution in [0, 0.1) is 0 Å². The maximum Gasteiger partial charge on any atom is 0.345 e. The Morgan fingerprint density at radius 3 is 2.39 bits per heavy atom. The van der Waals surface area contributed by atoms with Gasteiger partial charge in [0.15, 0.2) is 0 Å². The number of nitrogens with zero attached hydrogens (tertiary/aromatic N) is 3. The fraction of sp³-hybridized carbons (Fsp3) is 0.240. The van der Waals surface area contributed by atoms with E-state index in [9.17, 15) is 4.79 Å². The highest BCUT2D eigenvalue weighted by Crippen LogP contribution is 2.27. The highest BCUT2D eigenvalue weighted by Gasteiger charge is 2.15. The lowest BCUT2D eigenvalue weighted by Crippen LogP contribution is -2.34. The Hall–Kier alpha value is -2.55. The third-order valence-electron chi connectivity index (χ3n) is 5.75. The number of aromatic nitrogens is 2.